The van der Waals surface area contributed by atoms with E-state index in [4.69, 9.17) is 5.73 Å². The molecule has 2 unspecified atom stereocenters. The first-order chi connectivity index (χ1) is 5.54. The third-order valence-electron chi connectivity index (χ3n) is 2.16. The first kappa shape index (κ1) is 12.8. The van der Waals surface area contributed by atoms with Gasteiger partial charge in [0, 0.05) is 0 Å². The first-order valence-electron chi connectivity index (χ1n) is 4.34. The molecule has 0 aromatic carbocycles. The summed E-state index contributed by atoms with van der Waals surface area (Å²) in [6, 6.07) is 0.271. The zero-order valence-corrected chi connectivity index (χ0v) is 11.7. The van der Waals surface area contributed by atoms with Crippen LogP contribution in [-0.4, -0.2) is 34.5 Å². The monoisotopic (exact) mass is 297 g/mol. The minimum absolute atomic E-state index is 0.271. The maximum atomic E-state index is 10.4. The van der Waals surface area contributed by atoms with Gasteiger partial charge in [-0.3, -0.25) is 0 Å². The Morgan fingerprint density at radius 2 is 2.25 bits per heavy atom. The molecule has 0 amide bonds. The maximum absolute atomic E-state index is 10.4. The molecular formula is C8H19NOSSn. The molecule has 12 heavy (non-hydrogen) atoms. The quantitative estimate of drug-likeness (QED) is 0.443. The molecule has 0 saturated carbocycles. The molecule has 0 saturated heterocycles. The predicted molar refractivity (Wildman–Crippen MR) is 59.4 cm³/mol. The van der Waals surface area contributed by atoms with Gasteiger partial charge in [-0.25, -0.2) is 0 Å². The number of thiol groups is 1. The third-order valence-corrected chi connectivity index (χ3v) is 17.0. The van der Waals surface area contributed by atoms with E-state index in [-0.39, 0.29) is 6.04 Å². The first-order valence-corrected chi connectivity index (χ1v) is 13.9. The molecule has 0 spiro atoms. The van der Waals surface area contributed by atoms with Crippen molar-refractivity contribution in [2.24, 2.45) is 5.73 Å². The van der Waals surface area contributed by atoms with E-state index in [2.05, 4.69) is 17.6 Å². The number of carbonyl (C=O) groups excluding carboxylic acids is 1. The van der Waals surface area contributed by atoms with E-state index >= 15 is 0 Å². The fraction of sp³-hybridized carbons (Fsp3) is 0.875. The predicted octanol–water partition coefficient (Wildman–Crippen LogP) is 1.47. The van der Waals surface area contributed by atoms with E-state index in [1.165, 1.54) is 4.44 Å². The van der Waals surface area contributed by atoms with E-state index < -0.39 is 18.4 Å². The Morgan fingerprint density at radius 1 is 1.67 bits per heavy atom. The van der Waals surface area contributed by atoms with E-state index in [0.29, 0.717) is 0 Å². The normalized spacial score (nSPS) is 18.3. The summed E-state index contributed by atoms with van der Waals surface area (Å²) < 4.78 is 2.94. The van der Waals surface area contributed by atoms with Crippen LogP contribution >= 0.6 is 12.6 Å². The number of hydrogen-bond donors (Lipinski definition) is 2. The molecule has 0 aliphatic carbocycles. The van der Waals surface area contributed by atoms with Gasteiger partial charge in [-0.2, -0.15) is 0 Å². The van der Waals surface area contributed by atoms with E-state index in [1.807, 2.05) is 6.92 Å². The molecule has 72 valence electrons. The van der Waals surface area contributed by atoms with Crippen molar-refractivity contribution in [1.82, 2.24) is 0 Å². The molecule has 0 heterocycles. The Kier molecular flexibility index (Phi) is 6.67. The topological polar surface area (TPSA) is 43.1 Å². The zero-order valence-electron chi connectivity index (χ0n) is 7.92. The van der Waals surface area contributed by atoms with Crippen molar-refractivity contribution in [1.29, 1.82) is 0 Å². The summed E-state index contributed by atoms with van der Waals surface area (Å²) in [5.74, 6) is 0. The molecule has 0 radical (unpaired) electrons. The Morgan fingerprint density at radius 3 is 2.58 bits per heavy atom. The second-order valence-corrected chi connectivity index (χ2v) is 19.8. The van der Waals surface area contributed by atoms with Crippen molar-refractivity contribution in [3.8, 4) is 0 Å². The Hall–Kier alpha value is 0.779. The molecule has 0 fully saturated rings. The van der Waals surface area contributed by atoms with Crippen molar-refractivity contribution in [3.05, 3.63) is 0 Å². The van der Waals surface area contributed by atoms with Crippen LogP contribution in [0.1, 0.15) is 13.3 Å². The summed E-state index contributed by atoms with van der Waals surface area (Å²) >= 11 is 2.24. The van der Waals surface area contributed by atoms with Crippen molar-refractivity contribution in [3.63, 3.8) is 0 Å². The molecule has 0 aromatic heterocycles. The van der Waals surface area contributed by atoms with Crippen LogP contribution in [0.25, 0.3) is 0 Å². The second-order valence-electron chi connectivity index (χ2n) is 3.86. The van der Waals surface area contributed by atoms with Crippen LogP contribution < -0.4 is 5.73 Å². The van der Waals surface area contributed by atoms with Crippen LogP contribution in [0.15, 0.2) is 0 Å². The summed E-state index contributed by atoms with van der Waals surface area (Å²) in [5.41, 5.74) is 5.67. The SMILES string of the molecule is CC(N)C[CH2][Sn]([CH3])([CH2]S)[CH2]C=O. The fourth-order valence-corrected chi connectivity index (χ4v) is 8.79. The van der Waals surface area contributed by atoms with Gasteiger partial charge in [-0.05, 0) is 0 Å². The standard InChI is InChI=1S/C4H10N.C2H3O.CH3S.CH3.Sn/c1-3-4(2)5;1-2-3;1-2;;/h4H,1,3,5H2,2H3;2H,1H2;2H,1H2;1H3;. The van der Waals surface area contributed by atoms with E-state index in [9.17, 15) is 4.79 Å². The number of carbonyl (C=O) groups is 1. The van der Waals surface area contributed by atoms with Crippen LogP contribution in [0.3, 0.4) is 0 Å². The van der Waals surface area contributed by atoms with Crippen molar-refractivity contribution >= 4 is 37.3 Å². The van der Waals surface area contributed by atoms with Crippen LogP contribution in [0.2, 0.25) is 13.8 Å². The number of hydrogen-bond acceptors (Lipinski definition) is 3. The third kappa shape index (κ3) is 5.43. The van der Waals surface area contributed by atoms with Gasteiger partial charge in [0.2, 0.25) is 0 Å². The average Bonchev–Trinajstić information content (AvgIpc) is 2.02. The van der Waals surface area contributed by atoms with Gasteiger partial charge in [0.05, 0.1) is 0 Å². The molecular weight excluding hydrogens is 277 g/mol. The van der Waals surface area contributed by atoms with Crippen LogP contribution in [0.5, 0.6) is 0 Å². The van der Waals surface area contributed by atoms with Gasteiger partial charge >= 0.3 is 84.8 Å². The Balaban J connectivity index is 3.86. The van der Waals surface area contributed by atoms with E-state index in [0.717, 1.165) is 20.9 Å². The molecule has 4 heteroatoms. The Labute approximate surface area is 84.6 Å². The molecule has 2 atom stereocenters. The average molecular weight is 296 g/mol. The summed E-state index contributed by atoms with van der Waals surface area (Å²) in [4.78, 5) is 12.7. The fourth-order valence-electron chi connectivity index (χ4n) is 1.02. The molecule has 0 aromatic rings. The number of rotatable bonds is 6. The zero-order chi connectivity index (χ0) is 9.61. The summed E-state index contributed by atoms with van der Waals surface area (Å²) in [6.07, 6.45) is 2.12. The van der Waals surface area contributed by atoms with Crippen molar-refractivity contribution in [2.75, 3.05) is 3.77 Å². The molecule has 0 bridgehead atoms. The number of aldehydes is 1. The number of nitrogens with two attached hydrogens (primary N) is 1. The minimum atomic E-state index is -2.09. The van der Waals surface area contributed by atoms with Gasteiger partial charge in [-0.1, -0.05) is 0 Å². The molecule has 0 rings (SSSR count). The van der Waals surface area contributed by atoms with Crippen molar-refractivity contribution < 1.29 is 4.79 Å². The van der Waals surface area contributed by atoms with Crippen molar-refractivity contribution in [2.45, 2.75) is 33.2 Å². The van der Waals surface area contributed by atoms with Gasteiger partial charge < -0.3 is 0 Å². The molecule has 2 nitrogen and oxygen atoms in total. The Bertz CT molecular complexity index is 143. The summed E-state index contributed by atoms with van der Waals surface area (Å²) in [5, 5.41) is 0. The summed E-state index contributed by atoms with van der Waals surface area (Å²) in [7, 11) is 0. The van der Waals surface area contributed by atoms with Crippen LogP contribution in [0, 0.1) is 0 Å². The van der Waals surface area contributed by atoms with Gasteiger partial charge in [-0.15, -0.1) is 0 Å². The molecule has 0 aliphatic rings. The second kappa shape index (κ2) is 6.27. The van der Waals surface area contributed by atoms with Crippen LogP contribution in [-0.2, 0) is 4.79 Å². The van der Waals surface area contributed by atoms with Crippen LogP contribution in [0.4, 0.5) is 0 Å². The van der Waals surface area contributed by atoms with Gasteiger partial charge in [0.1, 0.15) is 0 Å². The molecule has 0 aliphatic heterocycles. The van der Waals surface area contributed by atoms with E-state index in [1.54, 1.807) is 0 Å². The van der Waals surface area contributed by atoms with Gasteiger partial charge in [0.25, 0.3) is 0 Å². The molecule has 2 N–H and O–H groups in total. The summed E-state index contributed by atoms with van der Waals surface area (Å²) in [6.45, 7) is 2.02. The van der Waals surface area contributed by atoms with Gasteiger partial charge in [0.15, 0.2) is 0 Å².